The molecule has 0 saturated heterocycles. The largest absolute Gasteiger partial charge is 0.481 e. The van der Waals surface area contributed by atoms with E-state index in [1.54, 1.807) is 38.4 Å². The Balaban J connectivity index is 2.96. The van der Waals surface area contributed by atoms with Crippen molar-refractivity contribution in [2.75, 3.05) is 0 Å². The van der Waals surface area contributed by atoms with Crippen LogP contribution in [0.4, 0.5) is 0 Å². The van der Waals surface area contributed by atoms with E-state index in [2.05, 4.69) is 4.98 Å². The van der Waals surface area contributed by atoms with Crippen LogP contribution in [0.25, 0.3) is 0 Å². The van der Waals surface area contributed by atoms with Gasteiger partial charge in [0, 0.05) is 18.4 Å². The summed E-state index contributed by atoms with van der Waals surface area (Å²) in [5.41, 5.74) is 5.61. The van der Waals surface area contributed by atoms with Gasteiger partial charge in [0.25, 0.3) is 0 Å². The average Bonchev–Trinajstić information content (AvgIpc) is 2.17. The summed E-state index contributed by atoms with van der Waals surface area (Å²) in [6.45, 7) is 3.21. The van der Waals surface area contributed by atoms with Gasteiger partial charge in [-0.1, -0.05) is 6.07 Å². The number of hydrogen-bond donors (Lipinski definition) is 2. The number of rotatable bonds is 3. The zero-order valence-electron chi connectivity index (χ0n) is 8.27. The third-order valence-corrected chi connectivity index (χ3v) is 2.37. The average molecular weight is 194 g/mol. The third-order valence-electron chi connectivity index (χ3n) is 2.37. The molecule has 0 aliphatic carbocycles. The van der Waals surface area contributed by atoms with Gasteiger partial charge >= 0.3 is 5.97 Å². The molecule has 1 rings (SSSR count). The van der Waals surface area contributed by atoms with Gasteiger partial charge < -0.3 is 10.8 Å². The van der Waals surface area contributed by atoms with Crippen molar-refractivity contribution in [3.63, 3.8) is 0 Å². The number of carboxylic acids is 1. The standard InChI is InChI=1S/C10H14N2O2/c1-10(2,9(13)14)8(11)7-4-3-5-12-6-7/h3-6,8H,11H2,1-2H3,(H,13,14). The van der Waals surface area contributed by atoms with Crippen molar-refractivity contribution in [2.24, 2.45) is 11.1 Å². The molecular formula is C10H14N2O2. The predicted octanol–water partition coefficient (Wildman–Crippen LogP) is 1.19. The number of aromatic nitrogens is 1. The molecule has 4 nitrogen and oxygen atoms in total. The molecule has 0 amide bonds. The SMILES string of the molecule is CC(C)(C(=O)O)C(N)c1cccnc1. The molecule has 0 radical (unpaired) electrons. The van der Waals surface area contributed by atoms with Crippen molar-refractivity contribution >= 4 is 5.97 Å². The molecule has 1 atom stereocenters. The Morgan fingerprint density at radius 1 is 1.64 bits per heavy atom. The molecule has 1 unspecified atom stereocenters. The summed E-state index contributed by atoms with van der Waals surface area (Å²) in [6, 6.07) is 2.98. The second-order valence-electron chi connectivity index (χ2n) is 3.79. The monoisotopic (exact) mass is 194 g/mol. The molecule has 0 aliphatic rings. The number of aliphatic carboxylic acids is 1. The van der Waals surface area contributed by atoms with Crippen molar-refractivity contribution in [1.82, 2.24) is 4.98 Å². The predicted molar refractivity (Wildman–Crippen MR) is 52.6 cm³/mol. The summed E-state index contributed by atoms with van der Waals surface area (Å²) in [7, 11) is 0. The summed E-state index contributed by atoms with van der Waals surface area (Å²) < 4.78 is 0. The molecule has 14 heavy (non-hydrogen) atoms. The van der Waals surface area contributed by atoms with E-state index in [1.807, 2.05) is 0 Å². The van der Waals surface area contributed by atoms with E-state index >= 15 is 0 Å². The van der Waals surface area contributed by atoms with Gasteiger partial charge in [-0.25, -0.2) is 0 Å². The highest BCUT2D eigenvalue weighted by atomic mass is 16.4. The van der Waals surface area contributed by atoms with Crippen LogP contribution < -0.4 is 5.73 Å². The van der Waals surface area contributed by atoms with E-state index in [1.165, 1.54) is 0 Å². The molecule has 1 heterocycles. The summed E-state index contributed by atoms with van der Waals surface area (Å²) in [5.74, 6) is -0.908. The van der Waals surface area contributed by atoms with Crippen LogP contribution in [0.5, 0.6) is 0 Å². The molecule has 1 aromatic rings. The quantitative estimate of drug-likeness (QED) is 0.757. The molecule has 1 aromatic heterocycles. The molecule has 3 N–H and O–H groups in total. The Morgan fingerprint density at radius 3 is 2.71 bits per heavy atom. The van der Waals surface area contributed by atoms with Crippen LogP contribution in [0.1, 0.15) is 25.5 Å². The highest BCUT2D eigenvalue weighted by Gasteiger charge is 2.35. The molecule has 0 aliphatic heterocycles. The highest BCUT2D eigenvalue weighted by Crippen LogP contribution is 2.30. The molecule has 0 aromatic carbocycles. The van der Waals surface area contributed by atoms with E-state index in [0.29, 0.717) is 0 Å². The minimum atomic E-state index is -0.983. The van der Waals surface area contributed by atoms with Crippen LogP contribution in [-0.4, -0.2) is 16.1 Å². The summed E-state index contributed by atoms with van der Waals surface area (Å²) >= 11 is 0. The van der Waals surface area contributed by atoms with Gasteiger partial charge in [-0.15, -0.1) is 0 Å². The van der Waals surface area contributed by atoms with E-state index in [-0.39, 0.29) is 0 Å². The number of nitrogens with two attached hydrogens (primary N) is 1. The number of nitrogens with zero attached hydrogens (tertiary/aromatic N) is 1. The Labute approximate surface area is 82.8 Å². The van der Waals surface area contributed by atoms with Gasteiger partial charge in [0.1, 0.15) is 0 Å². The molecular weight excluding hydrogens is 180 g/mol. The van der Waals surface area contributed by atoms with Crippen LogP contribution in [0, 0.1) is 5.41 Å². The van der Waals surface area contributed by atoms with E-state index in [4.69, 9.17) is 10.8 Å². The van der Waals surface area contributed by atoms with Gasteiger partial charge in [0.2, 0.25) is 0 Å². The Bertz CT molecular complexity index is 322. The van der Waals surface area contributed by atoms with Gasteiger partial charge in [0.05, 0.1) is 5.41 Å². The topological polar surface area (TPSA) is 76.2 Å². The van der Waals surface area contributed by atoms with Crippen LogP contribution in [0.2, 0.25) is 0 Å². The Hall–Kier alpha value is -1.42. The van der Waals surface area contributed by atoms with Crippen molar-refractivity contribution < 1.29 is 9.90 Å². The van der Waals surface area contributed by atoms with Gasteiger partial charge in [-0.05, 0) is 25.5 Å². The normalized spacial score (nSPS) is 13.6. The molecule has 0 saturated carbocycles. The minimum absolute atomic E-state index is 0.548. The van der Waals surface area contributed by atoms with Crippen molar-refractivity contribution in [3.05, 3.63) is 30.1 Å². The fourth-order valence-electron chi connectivity index (χ4n) is 1.11. The minimum Gasteiger partial charge on any atom is -0.481 e. The number of hydrogen-bond acceptors (Lipinski definition) is 3. The van der Waals surface area contributed by atoms with Crippen LogP contribution in [0.3, 0.4) is 0 Å². The first kappa shape index (κ1) is 10.7. The highest BCUT2D eigenvalue weighted by molar-refractivity contribution is 5.74. The first-order valence-electron chi connectivity index (χ1n) is 4.35. The van der Waals surface area contributed by atoms with Crippen molar-refractivity contribution in [2.45, 2.75) is 19.9 Å². The lowest BCUT2D eigenvalue weighted by atomic mass is 9.82. The first-order chi connectivity index (χ1) is 6.46. The van der Waals surface area contributed by atoms with E-state index in [9.17, 15) is 4.79 Å². The molecule has 0 bridgehead atoms. The number of carboxylic acid groups (broad SMARTS) is 1. The fourth-order valence-corrected chi connectivity index (χ4v) is 1.11. The van der Waals surface area contributed by atoms with Gasteiger partial charge in [-0.2, -0.15) is 0 Å². The van der Waals surface area contributed by atoms with Crippen LogP contribution in [-0.2, 0) is 4.79 Å². The zero-order valence-corrected chi connectivity index (χ0v) is 8.27. The van der Waals surface area contributed by atoms with Gasteiger partial charge in [0.15, 0.2) is 0 Å². The molecule has 0 spiro atoms. The first-order valence-corrected chi connectivity index (χ1v) is 4.35. The van der Waals surface area contributed by atoms with Crippen molar-refractivity contribution in [3.8, 4) is 0 Å². The third kappa shape index (κ3) is 1.90. The molecule has 0 fully saturated rings. The lowest BCUT2D eigenvalue weighted by molar-refractivity contribution is -0.148. The molecule has 4 heteroatoms. The Morgan fingerprint density at radius 2 is 2.29 bits per heavy atom. The second kappa shape index (κ2) is 3.75. The van der Waals surface area contributed by atoms with Crippen molar-refractivity contribution in [1.29, 1.82) is 0 Å². The maximum absolute atomic E-state index is 10.9. The lowest BCUT2D eigenvalue weighted by Crippen LogP contribution is -2.36. The number of carbonyl (C=O) groups is 1. The summed E-state index contributed by atoms with van der Waals surface area (Å²) in [6.07, 6.45) is 3.22. The maximum atomic E-state index is 10.9. The van der Waals surface area contributed by atoms with E-state index in [0.717, 1.165) is 5.56 Å². The Kier molecular flexibility index (Phi) is 2.86. The fraction of sp³-hybridized carbons (Fsp3) is 0.400. The van der Waals surface area contributed by atoms with Crippen LogP contribution >= 0.6 is 0 Å². The maximum Gasteiger partial charge on any atom is 0.311 e. The van der Waals surface area contributed by atoms with E-state index < -0.39 is 17.4 Å². The smallest absolute Gasteiger partial charge is 0.311 e. The van der Waals surface area contributed by atoms with Crippen LogP contribution in [0.15, 0.2) is 24.5 Å². The summed E-state index contributed by atoms with van der Waals surface area (Å²) in [5, 5.41) is 8.97. The zero-order chi connectivity index (χ0) is 10.8. The summed E-state index contributed by atoms with van der Waals surface area (Å²) in [4.78, 5) is 14.8. The number of pyridine rings is 1. The second-order valence-corrected chi connectivity index (χ2v) is 3.79. The van der Waals surface area contributed by atoms with Gasteiger partial charge in [-0.3, -0.25) is 9.78 Å². The lowest BCUT2D eigenvalue weighted by Gasteiger charge is -2.26. The molecule has 76 valence electrons.